The minimum Gasteiger partial charge on any atom is -0.269 e. The summed E-state index contributed by atoms with van der Waals surface area (Å²) in [7, 11) is 0. The molecule has 2 rings (SSSR count). The van der Waals surface area contributed by atoms with Crippen LogP contribution in [0.4, 0.5) is 0 Å². The molecule has 0 saturated heterocycles. The summed E-state index contributed by atoms with van der Waals surface area (Å²) in [6.07, 6.45) is 5.18. The van der Waals surface area contributed by atoms with Gasteiger partial charge in [-0.15, -0.1) is 0 Å². The molecule has 1 atom stereocenters. The Balaban J connectivity index is 2.31. The van der Waals surface area contributed by atoms with E-state index in [9.17, 15) is 0 Å². The first-order chi connectivity index (χ1) is 7.70. The molecule has 0 amide bonds. The quantitative estimate of drug-likeness (QED) is 0.759. The molecule has 2 heteroatoms. The van der Waals surface area contributed by atoms with E-state index in [0.29, 0.717) is 6.04 Å². The van der Waals surface area contributed by atoms with Gasteiger partial charge in [0.15, 0.2) is 0 Å². The maximum absolute atomic E-state index is 4.41. The van der Waals surface area contributed by atoms with E-state index in [0.717, 1.165) is 6.42 Å². The Labute approximate surface area is 96.9 Å². The van der Waals surface area contributed by atoms with Crippen LogP contribution in [-0.2, 0) is 0 Å². The fourth-order valence-corrected chi connectivity index (χ4v) is 1.74. The Morgan fingerprint density at radius 1 is 1.31 bits per heavy atom. The van der Waals surface area contributed by atoms with E-state index in [1.165, 1.54) is 16.7 Å². The molecule has 0 spiro atoms. The van der Waals surface area contributed by atoms with Crippen molar-refractivity contribution in [3.63, 3.8) is 0 Å². The van der Waals surface area contributed by atoms with Gasteiger partial charge in [-0.25, -0.2) is 0 Å². The molecule has 2 aromatic rings. The topological polar surface area (TPSA) is 17.8 Å². The molecule has 2 nitrogen and oxygen atoms in total. The predicted octanol–water partition coefficient (Wildman–Crippen LogP) is 3.83. The highest BCUT2D eigenvalue weighted by Crippen LogP contribution is 2.21. The number of nitrogens with zero attached hydrogens (tertiary/aromatic N) is 2. The van der Waals surface area contributed by atoms with E-state index in [1.54, 1.807) is 0 Å². The summed E-state index contributed by atoms with van der Waals surface area (Å²) in [5, 5.41) is 4.41. The van der Waals surface area contributed by atoms with E-state index in [4.69, 9.17) is 0 Å². The summed E-state index contributed by atoms with van der Waals surface area (Å²) >= 11 is 0. The van der Waals surface area contributed by atoms with Crippen LogP contribution in [0.3, 0.4) is 0 Å². The normalized spacial score (nSPS) is 12.7. The first-order valence-corrected chi connectivity index (χ1v) is 5.82. The van der Waals surface area contributed by atoms with Crippen molar-refractivity contribution in [3.05, 3.63) is 42.2 Å². The van der Waals surface area contributed by atoms with Crippen LogP contribution in [0.25, 0.3) is 11.1 Å². The van der Waals surface area contributed by atoms with E-state index in [1.807, 2.05) is 10.9 Å². The van der Waals surface area contributed by atoms with Gasteiger partial charge in [0.25, 0.3) is 0 Å². The lowest BCUT2D eigenvalue weighted by Crippen LogP contribution is -2.03. The zero-order valence-corrected chi connectivity index (χ0v) is 10.1. The molecule has 0 fully saturated rings. The third-order valence-corrected chi connectivity index (χ3v) is 3.00. The summed E-state index contributed by atoms with van der Waals surface area (Å²) < 4.78 is 2.04. The highest BCUT2D eigenvalue weighted by molar-refractivity contribution is 5.62. The lowest BCUT2D eigenvalue weighted by Gasteiger charge is -2.07. The largest absolute Gasteiger partial charge is 0.269 e. The molecular formula is C14H18N2. The van der Waals surface area contributed by atoms with Gasteiger partial charge in [-0.3, -0.25) is 4.68 Å². The summed E-state index contributed by atoms with van der Waals surface area (Å²) in [4.78, 5) is 0. The molecule has 0 bridgehead atoms. The fourth-order valence-electron chi connectivity index (χ4n) is 1.74. The van der Waals surface area contributed by atoms with E-state index < -0.39 is 0 Å². The van der Waals surface area contributed by atoms with Crippen molar-refractivity contribution in [2.75, 3.05) is 0 Å². The van der Waals surface area contributed by atoms with Gasteiger partial charge in [-0.2, -0.15) is 5.10 Å². The summed E-state index contributed by atoms with van der Waals surface area (Å²) in [5.41, 5.74) is 3.73. The lowest BCUT2D eigenvalue weighted by molar-refractivity contribution is 0.478. The van der Waals surface area contributed by atoms with E-state index >= 15 is 0 Å². The van der Waals surface area contributed by atoms with Crippen molar-refractivity contribution in [1.82, 2.24) is 9.78 Å². The van der Waals surface area contributed by atoms with Crippen molar-refractivity contribution >= 4 is 0 Å². The zero-order chi connectivity index (χ0) is 11.5. The highest BCUT2D eigenvalue weighted by atomic mass is 15.3. The standard InChI is InChI=1S/C14H18N2/c1-4-12(3)16-10-14(9-15-16)13-7-5-6-11(2)8-13/h5-10,12H,4H2,1-3H3. The van der Waals surface area contributed by atoms with E-state index in [-0.39, 0.29) is 0 Å². The molecule has 1 aromatic heterocycles. The van der Waals surface area contributed by atoms with Gasteiger partial charge in [-0.1, -0.05) is 36.8 Å². The molecule has 0 aliphatic heterocycles. The Kier molecular flexibility index (Phi) is 3.09. The molecule has 1 aromatic carbocycles. The third-order valence-electron chi connectivity index (χ3n) is 3.00. The molecule has 0 N–H and O–H groups in total. The number of hydrogen-bond acceptors (Lipinski definition) is 1. The molecule has 16 heavy (non-hydrogen) atoms. The SMILES string of the molecule is CCC(C)n1cc(-c2cccc(C)c2)cn1. The number of rotatable bonds is 3. The maximum atomic E-state index is 4.41. The Bertz CT molecular complexity index is 471. The number of benzene rings is 1. The number of hydrogen-bond donors (Lipinski definition) is 0. The van der Waals surface area contributed by atoms with Crippen LogP contribution >= 0.6 is 0 Å². The van der Waals surface area contributed by atoms with Gasteiger partial charge in [-0.05, 0) is 25.8 Å². The summed E-state index contributed by atoms with van der Waals surface area (Å²) in [6, 6.07) is 9.00. The Morgan fingerprint density at radius 3 is 2.81 bits per heavy atom. The number of aryl methyl sites for hydroxylation is 1. The molecule has 0 aliphatic carbocycles. The first kappa shape index (κ1) is 10.9. The van der Waals surface area contributed by atoms with Crippen molar-refractivity contribution in [2.45, 2.75) is 33.2 Å². The van der Waals surface area contributed by atoms with Crippen LogP contribution in [0.1, 0.15) is 31.9 Å². The van der Waals surface area contributed by atoms with Crippen LogP contribution in [0.5, 0.6) is 0 Å². The van der Waals surface area contributed by atoms with Gasteiger partial charge in [0.2, 0.25) is 0 Å². The van der Waals surface area contributed by atoms with Gasteiger partial charge in [0, 0.05) is 17.8 Å². The number of aromatic nitrogens is 2. The molecular weight excluding hydrogens is 196 g/mol. The third kappa shape index (κ3) is 2.16. The van der Waals surface area contributed by atoms with Crippen molar-refractivity contribution in [1.29, 1.82) is 0 Å². The Hall–Kier alpha value is -1.57. The predicted molar refractivity (Wildman–Crippen MR) is 67.4 cm³/mol. The highest BCUT2D eigenvalue weighted by Gasteiger charge is 2.05. The minimum absolute atomic E-state index is 0.471. The average molecular weight is 214 g/mol. The van der Waals surface area contributed by atoms with E-state index in [2.05, 4.69) is 56.3 Å². The zero-order valence-electron chi connectivity index (χ0n) is 10.1. The van der Waals surface area contributed by atoms with Crippen LogP contribution in [0.15, 0.2) is 36.7 Å². The summed E-state index contributed by atoms with van der Waals surface area (Å²) in [5.74, 6) is 0. The van der Waals surface area contributed by atoms with Crippen LogP contribution in [0, 0.1) is 6.92 Å². The first-order valence-electron chi connectivity index (χ1n) is 5.82. The van der Waals surface area contributed by atoms with Crippen LogP contribution < -0.4 is 0 Å². The molecule has 0 radical (unpaired) electrons. The van der Waals surface area contributed by atoms with Gasteiger partial charge in [0.05, 0.1) is 6.20 Å². The summed E-state index contributed by atoms with van der Waals surface area (Å²) in [6.45, 7) is 6.48. The second kappa shape index (κ2) is 4.52. The van der Waals surface area contributed by atoms with Crippen molar-refractivity contribution < 1.29 is 0 Å². The van der Waals surface area contributed by atoms with Gasteiger partial charge >= 0.3 is 0 Å². The van der Waals surface area contributed by atoms with Crippen LogP contribution in [0.2, 0.25) is 0 Å². The van der Waals surface area contributed by atoms with Gasteiger partial charge < -0.3 is 0 Å². The maximum Gasteiger partial charge on any atom is 0.0568 e. The molecule has 84 valence electrons. The van der Waals surface area contributed by atoms with Crippen molar-refractivity contribution in [2.24, 2.45) is 0 Å². The van der Waals surface area contributed by atoms with Gasteiger partial charge in [0.1, 0.15) is 0 Å². The minimum atomic E-state index is 0.471. The Morgan fingerprint density at radius 2 is 2.12 bits per heavy atom. The average Bonchev–Trinajstić information content (AvgIpc) is 2.77. The second-order valence-electron chi connectivity index (χ2n) is 4.34. The molecule has 1 heterocycles. The van der Waals surface area contributed by atoms with Crippen molar-refractivity contribution in [3.8, 4) is 11.1 Å². The van der Waals surface area contributed by atoms with Crippen LogP contribution in [-0.4, -0.2) is 9.78 Å². The lowest BCUT2D eigenvalue weighted by atomic mass is 10.1. The fraction of sp³-hybridized carbons (Fsp3) is 0.357. The molecule has 0 saturated carbocycles. The second-order valence-corrected chi connectivity index (χ2v) is 4.34. The molecule has 0 aliphatic rings. The molecule has 1 unspecified atom stereocenters. The smallest absolute Gasteiger partial charge is 0.0568 e. The monoisotopic (exact) mass is 214 g/mol.